The van der Waals surface area contributed by atoms with Crippen molar-refractivity contribution < 1.29 is 13.9 Å². The number of pyridine rings is 2. The molecule has 0 radical (unpaired) electrons. The summed E-state index contributed by atoms with van der Waals surface area (Å²) >= 11 is 0. The lowest BCUT2D eigenvalue weighted by Gasteiger charge is -2.27. The second kappa shape index (κ2) is 12.3. The SMILES string of the molecule is CN(CCc1ccccn1)C(=O)c1cn2c3c(c(NCCCn4ccnc4)c(F)cc3c1=O)Oc1ccc(-c3ccccc3)cc1-2. The Hall–Kier alpha value is -5.77. The lowest BCUT2D eigenvalue weighted by atomic mass is 10.0. The van der Waals surface area contributed by atoms with E-state index in [4.69, 9.17) is 4.74 Å². The van der Waals surface area contributed by atoms with E-state index in [1.165, 1.54) is 11.0 Å². The van der Waals surface area contributed by atoms with Crippen molar-refractivity contribution in [1.29, 1.82) is 0 Å². The maximum Gasteiger partial charge on any atom is 0.259 e. The smallest absolute Gasteiger partial charge is 0.259 e. The van der Waals surface area contributed by atoms with Gasteiger partial charge in [0.05, 0.1) is 17.4 Å². The largest absolute Gasteiger partial charge is 0.451 e. The number of hydrogen-bond acceptors (Lipinski definition) is 6. The van der Waals surface area contributed by atoms with Gasteiger partial charge in [0.25, 0.3) is 5.91 Å². The molecule has 0 unspecified atom stereocenters. The topological polar surface area (TPSA) is 94.3 Å². The molecule has 0 bridgehead atoms. The molecule has 9 nitrogen and oxygen atoms in total. The molecule has 3 aromatic heterocycles. The maximum absolute atomic E-state index is 15.9. The highest BCUT2D eigenvalue weighted by Crippen LogP contribution is 2.46. The van der Waals surface area contributed by atoms with Crippen LogP contribution in [0.4, 0.5) is 10.1 Å². The number of benzene rings is 3. The fourth-order valence-electron chi connectivity index (χ4n) is 5.77. The molecule has 0 fully saturated rings. The molecule has 0 aliphatic carbocycles. The number of carbonyl (C=O) groups is 1. The molecule has 7 rings (SSSR count). The molecule has 0 atom stereocenters. The van der Waals surface area contributed by atoms with Crippen molar-refractivity contribution in [2.45, 2.75) is 19.4 Å². The highest BCUT2D eigenvalue weighted by Gasteiger charge is 2.29. The average Bonchev–Trinajstić information content (AvgIpc) is 3.61. The molecule has 1 N–H and O–H groups in total. The van der Waals surface area contributed by atoms with Crippen molar-refractivity contribution in [1.82, 2.24) is 24.0 Å². The van der Waals surface area contributed by atoms with Crippen molar-refractivity contribution in [3.8, 4) is 28.3 Å². The minimum Gasteiger partial charge on any atom is -0.451 e. The van der Waals surface area contributed by atoms with E-state index in [1.54, 1.807) is 36.5 Å². The van der Waals surface area contributed by atoms with E-state index in [0.29, 0.717) is 49.4 Å². The van der Waals surface area contributed by atoms with Crippen molar-refractivity contribution in [3.05, 3.63) is 131 Å². The Morgan fingerprint density at radius 1 is 1.02 bits per heavy atom. The number of ether oxygens (including phenoxy) is 1. The molecule has 46 heavy (non-hydrogen) atoms. The Morgan fingerprint density at radius 3 is 2.65 bits per heavy atom. The molecule has 1 amide bonds. The zero-order valence-corrected chi connectivity index (χ0v) is 25.2. The van der Waals surface area contributed by atoms with Crippen LogP contribution in [0.25, 0.3) is 27.7 Å². The van der Waals surface area contributed by atoms with Crippen LogP contribution in [0.2, 0.25) is 0 Å². The molecule has 0 saturated carbocycles. The lowest BCUT2D eigenvalue weighted by Crippen LogP contribution is -2.33. The number of nitrogens with zero attached hydrogens (tertiary/aromatic N) is 5. The second-order valence-corrected chi connectivity index (χ2v) is 11.2. The minimum absolute atomic E-state index is 0.0552. The van der Waals surface area contributed by atoms with Gasteiger partial charge in [-0.1, -0.05) is 42.5 Å². The third-order valence-corrected chi connectivity index (χ3v) is 8.19. The minimum atomic E-state index is -0.633. The van der Waals surface area contributed by atoms with Crippen LogP contribution < -0.4 is 15.5 Å². The van der Waals surface area contributed by atoms with Crippen LogP contribution in [0.1, 0.15) is 22.5 Å². The number of anilines is 1. The predicted molar refractivity (Wildman–Crippen MR) is 175 cm³/mol. The average molecular weight is 615 g/mol. The van der Waals surface area contributed by atoms with Crippen molar-refractivity contribution in [3.63, 3.8) is 0 Å². The standard InChI is InChI=1S/C36H31FN6O3/c1-41(18-13-26-10-5-6-14-39-26)36(45)28-22-43-30-20-25(24-8-3-2-4-9-24)11-12-31(30)46-35-32(29(37)21-27(33(35)43)34(28)44)40-15-7-17-42-19-16-38-23-42/h2-6,8-12,14,16,19-23,40H,7,13,15,17-18H2,1H3. The number of fused-ring (bicyclic) bond motifs is 2. The van der Waals surface area contributed by atoms with Crippen molar-refractivity contribution >= 4 is 22.5 Å². The summed E-state index contributed by atoms with van der Waals surface area (Å²) in [5.74, 6) is -0.406. The number of amides is 1. The summed E-state index contributed by atoms with van der Waals surface area (Å²) in [5, 5.41) is 3.26. The van der Waals surface area contributed by atoms with E-state index in [2.05, 4.69) is 15.3 Å². The second-order valence-electron chi connectivity index (χ2n) is 11.2. The van der Waals surface area contributed by atoms with Crippen LogP contribution in [0.15, 0.2) is 109 Å². The van der Waals surface area contributed by atoms with Crippen LogP contribution in [0.3, 0.4) is 0 Å². The number of nitrogens with one attached hydrogen (secondary N) is 1. The Kier molecular flexibility index (Phi) is 7.76. The van der Waals surface area contributed by atoms with Crippen LogP contribution in [0.5, 0.6) is 11.5 Å². The van der Waals surface area contributed by atoms with Gasteiger partial charge in [-0.2, -0.15) is 0 Å². The molecule has 10 heteroatoms. The monoisotopic (exact) mass is 614 g/mol. The Morgan fingerprint density at radius 2 is 1.87 bits per heavy atom. The first-order chi connectivity index (χ1) is 22.5. The summed E-state index contributed by atoms with van der Waals surface area (Å²) < 4.78 is 26.0. The van der Waals surface area contributed by atoms with E-state index >= 15 is 4.39 Å². The molecule has 1 aliphatic rings. The molecule has 6 aromatic rings. The van der Waals surface area contributed by atoms with Crippen LogP contribution in [0, 0.1) is 5.82 Å². The summed E-state index contributed by atoms with van der Waals surface area (Å²) in [6, 6.07) is 22.4. The number of aromatic nitrogens is 4. The zero-order valence-electron chi connectivity index (χ0n) is 25.2. The quantitative estimate of drug-likeness (QED) is 0.182. The van der Waals surface area contributed by atoms with E-state index < -0.39 is 17.2 Å². The molecule has 0 saturated heterocycles. The molecule has 4 heterocycles. The van der Waals surface area contributed by atoms with Gasteiger partial charge in [-0.05, 0) is 47.9 Å². The molecule has 1 aliphatic heterocycles. The number of imidazole rings is 1. The maximum atomic E-state index is 15.9. The van der Waals surface area contributed by atoms with Gasteiger partial charge in [0.1, 0.15) is 16.8 Å². The fraction of sp³-hybridized carbons (Fsp3) is 0.167. The molecular weight excluding hydrogens is 583 g/mol. The predicted octanol–water partition coefficient (Wildman–Crippen LogP) is 6.31. The Bertz CT molecular complexity index is 2100. The van der Waals surface area contributed by atoms with E-state index in [1.807, 2.05) is 77.5 Å². The van der Waals surface area contributed by atoms with Crippen molar-refractivity contribution in [2.75, 3.05) is 25.5 Å². The Labute approximate surface area is 264 Å². The summed E-state index contributed by atoms with van der Waals surface area (Å²) in [7, 11) is 1.65. The molecule has 3 aromatic carbocycles. The van der Waals surface area contributed by atoms with Gasteiger partial charge < -0.3 is 24.1 Å². The lowest BCUT2D eigenvalue weighted by molar-refractivity contribution is 0.0794. The van der Waals surface area contributed by atoms with Gasteiger partial charge in [-0.25, -0.2) is 9.37 Å². The van der Waals surface area contributed by atoms with Crippen LogP contribution >= 0.6 is 0 Å². The number of aryl methyl sites for hydroxylation is 1. The van der Waals surface area contributed by atoms with Crippen LogP contribution in [-0.4, -0.2) is 50.0 Å². The third kappa shape index (κ3) is 5.49. The highest BCUT2D eigenvalue weighted by molar-refractivity contribution is 6.01. The number of carbonyl (C=O) groups excluding carboxylic acids is 1. The van der Waals surface area contributed by atoms with Gasteiger partial charge in [-0.3, -0.25) is 14.6 Å². The number of rotatable bonds is 10. The van der Waals surface area contributed by atoms with E-state index in [0.717, 1.165) is 16.8 Å². The van der Waals surface area contributed by atoms with Crippen molar-refractivity contribution in [2.24, 2.45) is 0 Å². The fourth-order valence-corrected chi connectivity index (χ4v) is 5.77. The molecular formula is C36H31FN6O3. The van der Waals surface area contributed by atoms with E-state index in [-0.39, 0.29) is 22.4 Å². The Balaban J connectivity index is 1.31. The van der Waals surface area contributed by atoms with Gasteiger partial charge in [0, 0.05) is 63.6 Å². The van der Waals surface area contributed by atoms with Gasteiger partial charge in [-0.15, -0.1) is 0 Å². The van der Waals surface area contributed by atoms with E-state index in [9.17, 15) is 9.59 Å². The first-order valence-electron chi connectivity index (χ1n) is 15.1. The normalized spacial score (nSPS) is 11.6. The number of hydrogen-bond donors (Lipinski definition) is 1. The van der Waals surface area contributed by atoms with Gasteiger partial charge in [0.15, 0.2) is 17.3 Å². The van der Waals surface area contributed by atoms with Gasteiger partial charge in [0.2, 0.25) is 5.43 Å². The summed E-state index contributed by atoms with van der Waals surface area (Å²) in [4.78, 5) is 37.6. The summed E-state index contributed by atoms with van der Waals surface area (Å²) in [6.07, 6.45) is 9.81. The molecule has 0 spiro atoms. The first-order valence-corrected chi connectivity index (χ1v) is 15.1. The first kappa shape index (κ1) is 29.0. The number of halogens is 1. The summed E-state index contributed by atoms with van der Waals surface area (Å²) in [6.45, 7) is 1.51. The van der Waals surface area contributed by atoms with Crippen LogP contribution in [-0.2, 0) is 13.0 Å². The summed E-state index contributed by atoms with van der Waals surface area (Å²) in [5.41, 5.74) is 3.35. The molecule has 230 valence electrons. The highest BCUT2D eigenvalue weighted by atomic mass is 19.1. The van der Waals surface area contributed by atoms with Gasteiger partial charge >= 0.3 is 0 Å². The third-order valence-electron chi connectivity index (χ3n) is 8.19. The zero-order chi connectivity index (χ0) is 31.6. The number of likely N-dealkylation sites (N-methyl/N-ethyl adjacent to an activating group) is 1.